The van der Waals surface area contributed by atoms with Gasteiger partial charge in [-0.2, -0.15) is 5.10 Å². The second-order valence-electron chi connectivity index (χ2n) is 4.56. The maximum atomic E-state index is 5.60. The predicted molar refractivity (Wildman–Crippen MR) is 67.0 cm³/mol. The molecule has 0 aliphatic carbocycles. The average molecular weight is 236 g/mol. The Hall–Kier alpha value is -1.20. The van der Waals surface area contributed by atoms with Gasteiger partial charge in [0.2, 0.25) is 0 Å². The Kier molecular flexibility index (Phi) is 3.91. The molecule has 1 aromatic rings. The van der Waals surface area contributed by atoms with Gasteiger partial charge in [0.1, 0.15) is 0 Å². The molecule has 1 fully saturated rings. The van der Waals surface area contributed by atoms with Crippen molar-refractivity contribution in [2.24, 2.45) is 0 Å². The van der Waals surface area contributed by atoms with E-state index in [4.69, 9.17) is 4.74 Å². The third-order valence-corrected chi connectivity index (χ3v) is 2.97. The monoisotopic (exact) mass is 236 g/mol. The number of anilines is 1. The molecule has 0 saturated carbocycles. The van der Waals surface area contributed by atoms with Crippen molar-refractivity contribution in [3.05, 3.63) is 17.8 Å². The number of nitrogens with one attached hydrogen (secondary N) is 1. The number of aromatic nitrogens is 2. The molecule has 5 nitrogen and oxygen atoms in total. The zero-order valence-corrected chi connectivity index (χ0v) is 10.7. The lowest BCUT2D eigenvalue weighted by atomic mass is 10.2. The van der Waals surface area contributed by atoms with Gasteiger partial charge >= 0.3 is 0 Å². The van der Waals surface area contributed by atoms with Crippen LogP contribution in [0.25, 0.3) is 0 Å². The van der Waals surface area contributed by atoms with Gasteiger partial charge in [-0.15, -0.1) is 5.10 Å². The first-order valence-corrected chi connectivity index (χ1v) is 6.06. The van der Waals surface area contributed by atoms with Crippen LogP contribution in [-0.4, -0.2) is 42.5 Å². The lowest BCUT2D eigenvalue weighted by Gasteiger charge is -2.37. The van der Waals surface area contributed by atoms with Gasteiger partial charge < -0.3 is 15.0 Å². The summed E-state index contributed by atoms with van der Waals surface area (Å²) in [6, 6.07) is 4.41. The lowest BCUT2D eigenvalue weighted by molar-refractivity contribution is 0.0340. The first kappa shape index (κ1) is 12.3. The van der Waals surface area contributed by atoms with Gasteiger partial charge in [-0.1, -0.05) is 0 Å². The Balaban J connectivity index is 2.10. The average Bonchev–Trinajstić information content (AvgIpc) is 2.34. The lowest BCUT2D eigenvalue weighted by Crippen LogP contribution is -2.47. The van der Waals surface area contributed by atoms with Crippen LogP contribution in [-0.2, 0) is 11.3 Å². The molecular formula is C12H20N4O. The highest BCUT2D eigenvalue weighted by Crippen LogP contribution is 2.18. The summed E-state index contributed by atoms with van der Waals surface area (Å²) in [6.45, 7) is 6.61. The van der Waals surface area contributed by atoms with Gasteiger partial charge in [0.25, 0.3) is 0 Å². The normalized spacial score (nSPS) is 25.0. The van der Waals surface area contributed by atoms with Crippen LogP contribution in [0.3, 0.4) is 0 Å². The summed E-state index contributed by atoms with van der Waals surface area (Å²) >= 11 is 0. The highest BCUT2D eigenvalue weighted by molar-refractivity contribution is 5.39. The first-order chi connectivity index (χ1) is 8.20. The molecular weight excluding hydrogens is 216 g/mol. The Labute approximate surface area is 102 Å². The van der Waals surface area contributed by atoms with E-state index in [1.54, 1.807) is 0 Å². The smallest absolute Gasteiger partial charge is 0.151 e. The van der Waals surface area contributed by atoms with Gasteiger partial charge in [0.15, 0.2) is 5.82 Å². The van der Waals surface area contributed by atoms with Crippen molar-refractivity contribution >= 4 is 5.82 Å². The largest absolute Gasteiger partial charge is 0.375 e. The fourth-order valence-electron chi connectivity index (χ4n) is 2.00. The van der Waals surface area contributed by atoms with E-state index in [1.165, 1.54) is 0 Å². The highest BCUT2D eigenvalue weighted by atomic mass is 16.5. The van der Waals surface area contributed by atoms with Crippen molar-refractivity contribution < 1.29 is 4.74 Å². The summed E-state index contributed by atoms with van der Waals surface area (Å²) < 4.78 is 5.60. The molecule has 1 aromatic heterocycles. The molecule has 1 aliphatic heterocycles. The topological polar surface area (TPSA) is 50.3 Å². The van der Waals surface area contributed by atoms with E-state index in [9.17, 15) is 0 Å². The maximum Gasteiger partial charge on any atom is 0.151 e. The van der Waals surface area contributed by atoms with E-state index >= 15 is 0 Å². The van der Waals surface area contributed by atoms with Crippen LogP contribution in [0.1, 0.15) is 19.5 Å². The molecule has 1 aliphatic rings. The molecule has 2 unspecified atom stereocenters. The molecule has 0 radical (unpaired) electrons. The van der Waals surface area contributed by atoms with Gasteiger partial charge in [0, 0.05) is 13.1 Å². The molecule has 2 atom stereocenters. The summed E-state index contributed by atoms with van der Waals surface area (Å²) in [4.78, 5) is 2.25. The minimum absolute atomic E-state index is 0.255. The Bertz CT molecular complexity index is 354. The third kappa shape index (κ3) is 2.92. The van der Waals surface area contributed by atoms with E-state index in [2.05, 4.69) is 34.3 Å². The molecule has 2 rings (SSSR count). The molecule has 0 amide bonds. The molecule has 1 N–H and O–H groups in total. The van der Waals surface area contributed by atoms with Gasteiger partial charge in [-0.3, -0.25) is 0 Å². The summed E-state index contributed by atoms with van der Waals surface area (Å²) in [5, 5.41) is 11.6. The zero-order chi connectivity index (χ0) is 12.3. The van der Waals surface area contributed by atoms with Crippen LogP contribution in [0.5, 0.6) is 0 Å². The van der Waals surface area contributed by atoms with Crippen molar-refractivity contribution in [1.82, 2.24) is 15.5 Å². The Morgan fingerprint density at radius 1 is 1.41 bits per heavy atom. The fraction of sp³-hybridized carbons (Fsp3) is 0.667. The summed E-state index contributed by atoms with van der Waals surface area (Å²) in [7, 11) is 1.90. The number of hydrogen-bond donors (Lipinski definition) is 1. The predicted octanol–water partition coefficient (Wildman–Crippen LogP) is 0.810. The highest BCUT2D eigenvalue weighted by Gasteiger charge is 2.24. The van der Waals surface area contributed by atoms with E-state index in [0.717, 1.165) is 31.2 Å². The van der Waals surface area contributed by atoms with Crippen molar-refractivity contribution in [3.63, 3.8) is 0 Å². The zero-order valence-electron chi connectivity index (χ0n) is 10.7. The number of nitrogens with zero attached hydrogens (tertiary/aromatic N) is 3. The molecule has 0 bridgehead atoms. The van der Waals surface area contributed by atoms with E-state index in [0.29, 0.717) is 6.04 Å². The molecule has 1 saturated heterocycles. The van der Waals surface area contributed by atoms with Gasteiger partial charge in [0.05, 0.1) is 24.4 Å². The Morgan fingerprint density at radius 3 is 2.88 bits per heavy atom. The molecule has 0 spiro atoms. The number of morpholine rings is 1. The standard InChI is InChI=1S/C12H20N4O/c1-9-8-17-10(2)7-16(9)12-5-4-11(6-13-3)14-15-12/h4-5,9-10,13H,6-8H2,1-3H3. The minimum atomic E-state index is 0.255. The Morgan fingerprint density at radius 2 is 2.24 bits per heavy atom. The minimum Gasteiger partial charge on any atom is -0.375 e. The number of hydrogen-bond acceptors (Lipinski definition) is 5. The van der Waals surface area contributed by atoms with Crippen molar-refractivity contribution in [1.29, 1.82) is 0 Å². The van der Waals surface area contributed by atoms with Crippen LogP contribution < -0.4 is 10.2 Å². The van der Waals surface area contributed by atoms with Gasteiger partial charge in [-0.05, 0) is 33.0 Å². The number of rotatable bonds is 3. The van der Waals surface area contributed by atoms with Crippen LogP contribution >= 0.6 is 0 Å². The fourth-order valence-corrected chi connectivity index (χ4v) is 2.00. The van der Waals surface area contributed by atoms with Crippen LogP contribution in [0.2, 0.25) is 0 Å². The van der Waals surface area contributed by atoms with Crippen LogP contribution in [0.15, 0.2) is 12.1 Å². The summed E-state index contributed by atoms with van der Waals surface area (Å²) in [5.41, 5.74) is 0.963. The summed E-state index contributed by atoms with van der Waals surface area (Å²) in [5.74, 6) is 0.938. The van der Waals surface area contributed by atoms with Crippen molar-refractivity contribution in [3.8, 4) is 0 Å². The van der Waals surface area contributed by atoms with E-state index in [-0.39, 0.29) is 6.10 Å². The molecule has 94 valence electrons. The maximum absolute atomic E-state index is 5.60. The molecule has 5 heteroatoms. The second-order valence-corrected chi connectivity index (χ2v) is 4.56. The molecule has 2 heterocycles. The SMILES string of the molecule is CNCc1ccc(N2CC(C)OCC2C)nn1. The van der Waals surface area contributed by atoms with Crippen LogP contribution in [0, 0.1) is 0 Å². The van der Waals surface area contributed by atoms with Crippen molar-refractivity contribution in [2.75, 3.05) is 25.1 Å². The third-order valence-electron chi connectivity index (χ3n) is 2.97. The number of ether oxygens (including phenoxy) is 1. The van der Waals surface area contributed by atoms with E-state index < -0.39 is 0 Å². The summed E-state index contributed by atoms with van der Waals surface area (Å²) in [6.07, 6.45) is 0.255. The molecule has 17 heavy (non-hydrogen) atoms. The van der Waals surface area contributed by atoms with E-state index in [1.807, 2.05) is 19.2 Å². The van der Waals surface area contributed by atoms with Crippen LogP contribution in [0.4, 0.5) is 5.82 Å². The van der Waals surface area contributed by atoms with Gasteiger partial charge in [-0.25, -0.2) is 0 Å². The van der Waals surface area contributed by atoms with Crippen molar-refractivity contribution in [2.45, 2.75) is 32.5 Å². The first-order valence-electron chi connectivity index (χ1n) is 6.06. The second kappa shape index (κ2) is 5.42. The quantitative estimate of drug-likeness (QED) is 0.841. The molecule has 0 aromatic carbocycles.